The van der Waals surface area contributed by atoms with E-state index in [-0.39, 0.29) is 10.8 Å². The summed E-state index contributed by atoms with van der Waals surface area (Å²) < 4.78 is 28.9. The van der Waals surface area contributed by atoms with Crippen molar-refractivity contribution in [1.82, 2.24) is 4.90 Å². The zero-order valence-corrected chi connectivity index (χ0v) is 16.4. The van der Waals surface area contributed by atoms with Crippen LogP contribution in [0.5, 0.6) is 0 Å². The van der Waals surface area contributed by atoms with E-state index in [1.54, 1.807) is 24.1 Å². The third-order valence-electron chi connectivity index (χ3n) is 4.61. The lowest BCUT2D eigenvalue weighted by Gasteiger charge is -2.31. The first kappa shape index (κ1) is 19.4. The molecule has 6 nitrogen and oxygen atoms in total. The van der Waals surface area contributed by atoms with E-state index in [9.17, 15) is 13.2 Å². The zero-order chi connectivity index (χ0) is 19.4. The number of benzene rings is 2. The van der Waals surface area contributed by atoms with Crippen LogP contribution < -0.4 is 4.90 Å². The van der Waals surface area contributed by atoms with Crippen LogP contribution in [0.4, 0.5) is 5.69 Å². The maximum absolute atomic E-state index is 12.8. The average molecular weight is 388 g/mol. The summed E-state index contributed by atoms with van der Waals surface area (Å²) in [6.07, 6.45) is 1.14. The van der Waals surface area contributed by atoms with Gasteiger partial charge in [0.1, 0.15) is 0 Å². The molecule has 0 aromatic heterocycles. The maximum Gasteiger partial charge on any atom is 0.253 e. The molecule has 7 heteroatoms. The highest BCUT2D eigenvalue weighted by molar-refractivity contribution is 7.90. The van der Waals surface area contributed by atoms with Gasteiger partial charge in [0.05, 0.1) is 18.1 Å². The lowest BCUT2D eigenvalue weighted by atomic mass is 10.1. The molecular formula is C20H24N2O4S. The first-order chi connectivity index (χ1) is 12.9. The number of hydrogen-bond donors (Lipinski definition) is 0. The molecule has 0 atom stereocenters. The molecule has 0 bridgehead atoms. The number of amides is 1. The number of para-hydroxylation sites is 1. The Kier molecular flexibility index (Phi) is 5.82. The number of nitrogens with zero attached hydrogens (tertiary/aromatic N) is 2. The van der Waals surface area contributed by atoms with Gasteiger partial charge < -0.3 is 14.5 Å². The summed E-state index contributed by atoms with van der Waals surface area (Å²) in [5.74, 6) is -0.211. The molecule has 0 N–H and O–H groups in total. The van der Waals surface area contributed by atoms with Crippen molar-refractivity contribution in [3.8, 4) is 0 Å². The smallest absolute Gasteiger partial charge is 0.253 e. The Morgan fingerprint density at radius 3 is 2.52 bits per heavy atom. The van der Waals surface area contributed by atoms with Gasteiger partial charge in [0.25, 0.3) is 5.91 Å². The molecular weight excluding hydrogens is 364 g/mol. The van der Waals surface area contributed by atoms with Crippen LogP contribution in [-0.2, 0) is 21.1 Å². The van der Waals surface area contributed by atoms with Gasteiger partial charge in [0, 0.05) is 44.2 Å². The van der Waals surface area contributed by atoms with Crippen molar-refractivity contribution in [2.45, 2.75) is 11.4 Å². The normalized spacial score (nSPS) is 14.8. The van der Waals surface area contributed by atoms with Crippen molar-refractivity contribution in [3.63, 3.8) is 0 Å². The fourth-order valence-corrected chi connectivity index (χ4v) is 3.83. The Morgan fingerprint density at radius 2 is 1.81 bits per heavy atom. The minimum Gasteiger partial charge on any atom is -0.378 e. The van der Waals surface area contributed by atoms with Crippen LogP contribution in [0.15, 0.2) is 53.4 Å². The van der Waals surface area contributed by atoms with Crippen LogP contribution in [0.25, 0.3) is 0 Å². The maximum atomic E-state index is 12.8. The molecule has 144 valence electrons. The van der Waals surface area contributed by atoms with Gasteiger partial charge in [-0.25, -0.2) is 8.42 Å². The number of ether oxygens (including phenoxy) is 1. The number of sulfone groups is 1. The van der Waals surface area contributed by atoms with E-state index in [1.807, 2.05) is 18.2 Å². The lowest BCUT2D eigenvalue weighted by Crippen LogP contribution is -2.37. The van der Waals surface area contributed by atoms with Gasteiger partial charge in [-0.3, -0.25) is 4.79 Å². The summed E-state index contributed by atoms with van der Waals surface area (Å²) in [4.78, 5) is 16.8. The molecule has 1 fully saturated rings. The number of rotatable bonds is 5. The van der Waals surface area contributed by atoms with Crippen molar-refractivity contribution in [3.05, 3.63) is 59.7 Å². The molecule has 0 spiro atoms. The second-order valence-corrected chi connectivity index (χ2v) is 8.71. The van der Waals surface area contributed by atoms with Crippen LogP contribution in [0.3, 0.4) is 0 Å². The minimum absolute atomic E-state index is 0.149. The van der Waals surface area contributed by atoms with E-state index >= 15 is 0 Å². The minimum atomic E-state index is -3.35. The Morgan fingerprint density at radius 1 is 1.11 bits per heavy atom. The van der Waals surface area contributed by atoms with Gasteiger partial charge in [-0.15, -0.1) is 0 Å². The molecule has 0 saturated carbocycles. The molecule has 3 rings (SSSR count). The predicted octanol–water partition coefficient (Wildman–Crippen LogP) is 2.20. The van der Waals surface area contributed by atoms with Crippen molar-refractivity contribution >= 4 is 21.4 Å². The Bertz CT molecular complexity index is 921. The number of hydrogen-bond acceptors (Lipinski definition) is 5. The second-order valence-electron chi connectivity index (χ2n) is 6.69. The number of anilines is 1. The largest absolute Gasteiger partial charge is 0.378 e. The van der Waals surface area contributed by atoms with Crippen LogP contribution >= 0.6 is 0 Å². The Hall–Kier alpha value is -2.38. The van der Waals surface area contributed by atoms with Crippen LogP contribution in [0.1, 0.15) is 15.9 Å². The molecule has 1 aliphatic heterocycles. The predicted molar refractivity (Wildman–Crippen MR) is 105 cm³/mol. The van der Waals surface area contributed by atoms with E-state index < -0.39 is 9.84 Å². The molecule has 0 unspecified atom stereocenters. The van der Waals surface area contributed by atoms with Crippen molar-refractivity contribution in [1.29, 1.82) is 0 Å². The molecule has 1 amide bonds. The highest BCUT2D eigenvalue weighted by Gasteiger charge is 2.19. The van der Waals surface area contributed by atoms with Gasteiger partial charge in [-0.1, -0.05) is 24.3 Å². The molecule has 2 aromatic carbocycles. The summed E-state index contributed by atoms with van der Waals surface area (Å²) in [7, 11) is -1.63. The summed E-state index contributed by atoms with van der Waals surface area (Å²) in [5.41, 5.74) is 2.52. The third-order valence-corrected chi connectivity index (χ3v) is 5.72. The van der Waals surface area contributed by atoms with Crippen molar-refractivity contribution in [2.24, 2.45) is 0 Å². The van der Waals surface area contributed by atoms with Gasteiger partial charge in [0.2, 0.25) is 0 Å². The summed E-state index contributed by atoms with van der Waals surface area (Å²) in [5, 5.41) is 0. The molecule has 1 saturated heterocycles. The Balaban J connectivity index is 1.80. The van der Waals surface area contributed by atoms with Gasteiger partial charge >= 0.3 is 0 Å². The number of morpholine rings is 1. The topological polar surface area (TPSA) is 66.9 Å². The Labute approximate surface area is 160 Å². The number of carbonyl (C=O) groups excluding carboxylic acids is 1. The molecule has 27 heavy (non-hydrogen) atoms. The third kappa shape index (κ3) is 4.67. The van der Waals surface area contributed by atoms with Crippen LogP contribution in [0.2, 0.25) is 0 Å². The molecule has 0 aliphatic carbocycles. The summed E-state index contributed by atoms with van der Waals surface area (Å²) in [6.45, 7) is 3.48. The van der Waals surface area contributed by atoms with E-state index in [0.717, 1.165) is 30.6 Å². The fraction of sp³-hybridized carbons (Fsp3) is 0.350. The van der Waals surface area contributed by atoms with Gasteiger partial charge in [-0.05, 0) is 29.8 Å². The zero-order valence-electron chi connectivity index (χ0n) is 15.6. The van der Waals surface area contributed by atoms with Crippen LogP contribution in [0, 0.1) is 0 Å². The second kappa shape index (κ2) is 8.10. The molecule has 1 aliphatic rings. The first-order valence-electron chi connectivity index (χ1n) is 8.82. The molecule has 0 radical (unpaired) electrons. The summed E-state index contributed by atoms with van der Waals surface area (Å²) in [6, 6.07) is 14.2. The highest BCUT2D eigenvalue weighted by atomic mass is 32.2. The monoisotopic (exact) mass is 388 g/mol. The fourth-order valence-electron chi connectivity index (χ4n) is 3.16. The summed E-state index contributed by atoms with van der Waals surface area (Å²) >= 11 is 0. The number of carbonyl (C=O) groups is 1. The quantitative estimate of drug-likeness (QED) is 0.786. The first-order valence-corrected chi connectivity index (χ1v) is 10.7. The van der Waals surface area contributed by atoms with E-state index in [4.69, 9.17) is 4.74 Å². The average Bonchev–Trinajstić information content (AvgIpc) is 2.68. The lowest BCUT2D eigenvalue weighted by molar-refractivity contribution is 0.0784. The van der Waals surface area contributed by atoms with E-state index in [2.05, 4.69) is 11.0 Å². The van der Waals surface area contributed by atoms with E-state index in [1.165, 1.54) is 12.1 Å². The van der Waals surface area contributed by atoms with Crippen LogP contribution in [-0.4, -0.2) is 58.8 Å². The van der Waals surface area contributed by atoms with E-state index in [0.29, 0.717) is 25.3 Å². The van der Waals surface area contributed by atoms with Crippen molar-refractivity contribution < 1.29 is 17.9 Å². The molecule has 2 aromatic rings. The van der Waals surface area contributed by atoms with Gasteiger partial charge in [0.15, 0.2) is 9.84 Å². The SMILES string of the molecule is CN(Cc1ccccc1N1CCOCC1)C(=O)c1cccc(S(C)(=O)=O)c1. The standard InChI is InChI=1S/C20H24N2O4S/c1-21(20(23)16-7-5-8-18(14-16)27(2,24)25)15-17-6-3-4-9-19(17)22-10-12-26-13-11-22/h3-9,14H,10-13,15H2,1-2H3. The van der Waals surface area contributed by atoms with Gasteiger partial charge in [-0.2, -0.15) is 0 Å². The highest BCUT2D eigenvalue weighted by Crippen LogP contribution is 2.23. The van der Waals surface area contributed by atoms with Crippen molar-refractivity contribution in [2.75, 3.05) is 44.5 Å². The molecule has 1 heterocycles.